The SMILES string of the molecule is Cc1ccc(Nc2nc(-c3ccccn3)c3c(c2Nc2ccc(C)cc2)C(=O)c2cc4ccccc4cc2C3=O)cc1. The molecule has 0 radical (unpaired) electrons. The minimum atomic E-state index is -0.257. The first-order valence-corrected chi connectivity index (χ1v) is 13.8. The van der Waals surface area contributed by atoms with Gasteiger partial charge in [0.05, 0.1) is 22.5 Å². The Labute approximate surface area is 243 Å². The minimum Gasteiger partial charge on any atom is -0.352 e. The van der Waals surface area contributed by atoms with Gasteiger partial charge in [-0.05, 0) is 73.2 Å². The third-order valence-electron chi connectivity index (χ3n) is 7.57. The second kappa shape index (κ2) is 10.1. The number of benzene rings is 4. The van der Waals surface area contributed by atoms with Crippen LogP contribution in [-0.4, -0.2) is 21.5 Å². The number of pyridine rings is 2. The summed E-state index contributed by atoms with van der Waals surface area (Å²) in [5.74, 6) is -0.0805. The number of carbonyl (C=O) groups excluding carboxylic acids is 2. The molecule has 0 saturated carbocycles. The monoisotopic (exact) mass is 546 g/mol. The number of rotatable bonds is 5. The molecule has 2 N–H and O–H groups in total. The van der Waals surface area contributed by atoms with Gasteiger partial charge in [-0.15, -0.1) is 0 Å². The summed E-state index contributed by atoms with van der Waals surface area (Å²) in [6.07, 6.45) is 1.66. The molecule has 4 aromatic carbocycles. The third kappa shape index (κ3) is 4.39. The van der Waals surface area contributed by atoms with E-state index in [1.54, 1.807) is 12.3 Å². The number of aromatic nitrogens is 2. The lowest BCUT2D eigenvalue weighted by molar-refractivity contribution is 0.0980. The van der Waals surface area contributed by atoms with Gasteiger partial charge in [-0.1, -0.05) is 65.7 Å². The summed E-state index contributed by atoms with van der Waals surface area (Å²) in [6.45, 7) is 4.04. The van der Waals surface area contributed by atoms with Crippen molar-refractivity contribution in [2.75, 3.05) is 10.6 Å². The standard InChI is InChI=1S/C36H26N4O2/c1-21-10-14-25(15-11-21)38-33-31-30(34(41)27-19-23-7-3-4-8-24(23)20-28(27)35(31)42)32(29-9-5-6-18-37-29)40-36(33)39-26-16-12-22(2)13-17-26/h3-20,38H,1-2H3,(H,39,40). The number of aryl methyl sites for hydroxylation is 2. The van der Waals surface area contributed by atoms with Crippen molar-refractivity contribution in [1.82, 2.24) is 9.97 Å². The average Bonchev–Trinajstić information content (AvgIpc) is 3.02. The van der Waals surface area contributed by atoms with E-state index in [1.165, 1.54) is 0 Å². The fraction of sp³-hybridized carbons (Fsp3) is 0.0556. The lowest BCUT2D eigenvalue weighted by Crippen LogP contribution is -2.25. The highest BCUT2D eigenvalue weighted by Crippen LogP contribution is 2.43. The molecule has 7 rings (SSSR count). The van der Waals surface area contributed by atoms with Crippen LogP contribution in [0.5, 0.6) is 0 Å². The van der Waals surface area contributed by atoms with Gasteiger partial charge in [-0.3, -0.25) is 14.6 Å². The Kier molecular flexibility index (Phi) is 6.09. The first-order valence-electron chi connectivity index (χ1n) is 13.8. The molecule has 6 heteroatoms. The molecule has 6 nitrogen and oxygen atoms in total. The Hall–Kier alpha value is -5.62. The number of hydrogen-bond donors (Lipinski definition) is 2. The second-order valence-electron chi connectivity index (χ2n) is 10.5. The highest BCUT2D eigenvalue weighted by molar-refractivity contribution is 6.33. The predicted octanol–water partition coefficient (Wildman–Crippen LogP) is 8.18. The van der Waals surface area contributed by atoms with Gasteiger partial charge in [0, 0.05) is 28.7 Å². The fourth-order valence-electron chi connectivity index (χ4n) is 5.37. The summed E-state index contributed by atoms with van der Waals surface area (Å²) in [6, 6.07) is 32.6. The van der Waals surface area contributed by atoms with Crippen molar-refractivity contribution >= 4 is 45.2 Å². The first kappa shape index (κ1) is 25.4. The molecule has 0 unspecified atom stereocenters. The average molecular weight is 547 g/mol. The van der Waals surface area contributed by atoms with Crippen LogP contribution in [-0.2, 0) is 0 Å². The van der Waals surface area contributed by atoms with Crippen LogP contribution in [0.1, 0.15) is 43.0 Å². The van der Waals surface area contributed by atoms with E-state index in [1.807, 2.05) is 111 Å². The molecule has 0 fully saturated rings. The molecule has 42 heavy (non-hydrogen) atoms. The first-order chi connectivity index (χ1) is 20.5. The number of anilines is 4. The second-order valence-corrected chi connectivity index (χ2v) is 10.5. The van der Waals surface area contributed by atoms with Crippen LogP contribution in [0.25, 0.3) is 22.2 Å². The van der Waals surface area contributed by atoms with Gasteiger partial charge < -0.3 is 10.6 Å². The van der Waals surface area contributed by atoms with E-state index in [9.17, 15) is 9.59 Å². The van der Waals surface area contributed by atoms with Crippen molar-refractivity contribution in [3.8, 4) is 11.4 Å². The van der Waals surface area contributed by atoms with Crippen LogP contribution in [0.4, 0.5) is 22.9 Å². The van der Waals surface area contributed by atoms with Crippen molar-refractivity contribution in [3.05, 3.63) is 143 Å². The van der Waals surface area contributed by atoms with E-state index in [2.05, 4.69) is 15.6 Å². The zero-order valence-electron chi connectivity index (χ0n) is 23.1. The van der Waals surface area contributed by atoms with Crippen LogP contribution >= 0.6 is 0 Å². The molecule has 0 atom stereocenters. The summed E-state index contributed by atoms with van der Waals surface area (Å²) in [5, 5.41) is 8.64. The Bertz CT molecular complexity index is 2020. The summed E-state index contributed by atoms with van der Waals surface area (Å²) in [7, 11) is 0. The lowest BCUT2D eigenvalue weighted by atomic mass is 9.80. The maximum absolute atomic E-state index is 14.5. The van der Waals surface area contributed by atoms with E-state index in [0.717, 1.165) is 33.3 Å². The molecule has 1 aliphatic carbocycles. The quantitative estimate of drug-likeness (QED) is 0.227. The lowest BCUT2D eigenvalue weighted by Gasteiger charge is -2.26. The van der Waals surface area contributed by atoms with Crippen LogP contribution in [0, 0.1) is 13.8 Å². The van der Waals surface area contributed by atoms with Gasteiger partial charge >= 0.3 is 0 Å². The van der Waals surface area contributed by atoms with Crippen molar-refractivity contribution in [2.45, 2.75) is 13.8 Å². The Morgan fingerprint density at radius 3 is 1.71 bits per heavy atom. The fourth-order valence-corrected chi connectivity index (χ4v) is 5.37. The topological polar surface area (TPSA) is 84.0 Å². The zero-order chi connectivity index (χ0) is 28.8. The molecule has 0 saturated heterocycles. The normalized spacial score (nSPS) is 12.1. The van der Waals surface area contributed by atoms with E-state index >= 15 is 0 Å². The van der Waals surface area contributed by atoms with E-state index < -0.39 is 0 Å². The predicted molar refractivity (Wildman–Crippen MR) is 167 cm³/mol. The number of fused-ring (bicyclic) bond motifs is 3. The molecular weight excluding hydrogens is 520 g/mol. The van der Waals surface area contributed by atoms with Gasteiger partial charge in [0.1, 0.15) is 5.69 Å². The maximum atomic E-state index is 14.5. The number of nitrogens with zero attached hydrogens (tertiary/aromatic N) is 2. The number of ketones is 2. The molecular formula is C36H26N4O2. The van der Waals surface area contributed by atoms with Crippen LogP contribution in [0.2, 0.25) is 0 Å². The van der Waals surface area contributed by atoms with Crippen molar-refractivity contribution in [1.29, 1.82) is 0 Å². The van der Waals surface area contributed by atoms with Crippen LogP contribution < -0.4 is 10.6 Å². The number of hydrogen-bond acceptors (Lipinski definition) is 6. The van der Waals surface area contributed by atoms with Crippen molar-refractivity contribution < 1.29 is 9.59 Å². The third-order valence-corrected chi connectivity index (χ3v) is 7.57. The Morgan fingerprint density at radius 1 is 0.595 bits per heavy atom. The number of nitrogens with one attached hydrogen (secondary N) is 2. The smallest absolute Gasteiger partial charge is 0.196 e. The zero-order valence-corrected chi connectivity index (χ0v) is 23.1. The molecule has 202 valence electrons. The summed E-state index contributed by atoms with van der Waals surface area (Å²) < 4.78 is 0. The van der Waals surface area contributed by atoms with Crippen LogP contribution in [0.3, 0.4) is 0 Å². The molecule has 2 heterocycles. The molecule has 6 aromatic rings. The molecule has 0 bridgehead atoms. The van der Waals surface area contributed by atoms with E-state index in [0.29, 0.717) is 34.0 Å². The largest absolute Gasteiger partial charge is 0.352 e. The van der Waals surface area contributed by atoms with Gasteiger partial charge in [-0.2, -0.15) is 0 Å². The van der Waals surface area contributed by atoms with E-state index in [-0.39, 0.29) is 22.7 Å². The Balaban J connectivity index is 1.52. The van der Waals surface area contributed by atoms with Crippen molar-refractivity contribution in [3.63, 3.8) is 0 Å². The van der Waals surface area contributed by atoms with Crippen molar-refractivity contribution in [2.24, 2.45) is 0 Å². The molecule has 0 spiro atoms. The summed E-state index contributed by atoms with van der Waals surface area (Å²) >= 11 is 0. The molecule has 0 amide bonds. The molecule has 1 aliphatic rings. The van der Waals surface area contributed by atoms with Gasteiger partial charge in [0.2, 0.25) is 0 Å². The minimum absolute atomic E-state index is 0.241. The van der Waals surface area contributed by atoms with Gasteiger partial charge in [-0.25, -0.2) is 4.98 Å². The summed E-state index contributed by atoms with van der Waals surface area (Å²) in [5.41, 5.74) is 6.35. The number of carbonyl (C=O) groups is 2. The highest BCUT2D eigenvalue weighted by Gasteiger charge is 2.37. The summed E-state index contributed by atoms with van der Waals surface area (Å²) in [4.78, 5) is 38.4. The van der Waals surface area contributed by atoms with Crippen LogP contribution in [0.15, 0.2) is 109 Å². The highest BCUT2D eigenvalue weighted by atomic mass is 16.1. The molecule has 2 aromatic heterocycles. The Morgan fingerprint density at radius 2 is 1.14 bits per heavy atom. The van der Waals surface area contributed by atoms with E-state index in [4.69, 9.17) is 4.98 Å². The molecule has 0 aliphatic heterocycles. The van der Waals surface area contributed by atoms with Gasteiger partial charge in [0.25, 0.3) is 0 Å². The maximum Gasteiger partial charge on any atom is 0.196 e. The van der Waals surface area contributed by atoms with Gasteiger partial charge in [0.15, 0.2) is 17.4 Å².